The molecule has 0 fully saturated rings. The SMILES string of the molecule is Nc1cc(-c2nc(-c3ccc(Cl)c(Cl)c3)no2)ccc1F. The van der Waals surface area contributed by atoms with Crippen LogP contribution in [0.5, 0.6) is 0 Å². The van der Waals surface area contributed by atoms with E-state index in [0.29, 0.717) is 27.0 Å². The van der Waals surface area contributed by atoms with Crippen molar-refractivity contribution >= 4 is 28.9 Å². The first-order valence-corrected chi connectivity index (χ1v) is 6.65. The highest BCUT2D eigenvalue weighted by Crippen LogP contribution is 2.29. The number of rotatable bonds is 2. The van der Waals surface area contributed by atoms with E-state index < -0.39 is 5.82 Å². The van der Waals surface area contributed by atoms with Gasteiger partial charge in [0.2, 0.25) is 5.82 Å². The number of hydrogen-bond acceptors (Lipinski definition) is 4. The number of nitrogens with two attached hydrogens (primary N) is 1. The number of halogens is 3. The fourth-order valence-electron chi connectivity index (χ4n) is 1.77. The van der Waals surface area contributed by atoms with Gasteiger partial charge in [-0.2, -0.15) is 4.98 Å². The molecule has 0 amide bonds. The lowest BCUT2D eigenvalue weighted by atomic mass is 10.2. The minimum atomic E-state index is -0.497. The van der Waals surface area contributed by atoms with Crippen molar-refractivity contribution in [3.8, 4) is 22.8 Å². The maximum absolute atomic E-state index is 13.1. The van der Waals surface area contributed by atoms with E-state index in [0.717, 1.165) is 0 Å². The highest BCUT2D eigenvalue weighted by atomic mass is 35.5. The number of anilines is 1. The summed E-state index contributed by atoms with van der Waals surface area (Å²) in [5.74, 6) is 0.0946. The van der Waals surface area contributed by atoms with Crippen molar-refractivity contribution < 1.29 is 8.91 Å². The predicted molar refractivity (Wildman–Crippen MR) is 79.6 cm³/mol. The third-order valence-corrected chi connectivity index (χ3v) is 3.59. The summed E-state index contributed by atoms with van der Waals surface area (Å²) in [6, 6.07) is 9.19. The van der Waals surface area contributed by atoms with Gasteiger partial charge < -0.3 is 10.3 Å². The third-order valence-electron chi connectivity index (χ3n) is 2.85. The van der Waals surface area contributed by atoms with Gasteiger partial charge in [0, 0.05) is 11.1 Å². The summed E-state index contributed by atoms with van der Waals surface area (Å²) in [6.07, 6.45) is 0. The van der Waals surface area contributed by atoms with Crippen molar-refractivity contribution in [3.63, 3.8) is 0 Å². The molecular weight excluding hydrogens is 316 g/mol. The zero-order valence-corrected chi connectivity index (χ0v) is 12.0. The second-order valence-corrected chi connectivity index (χ2v) is 5.10. The summed E-state index contributed by atoms with van der Waals surface area (Å²) in [5.41, 5.74) is 6.73. The van der Waals surface area contributed by atoms with Crippen LogP contribution in [0, 0.1) is 5.82 Å². The molecule has 4 nitrogen and oxygen atoms in total. The Morgan fingerprint density at radius 2 is 1.76 bits per heavy atom. The van der Waals surface area contributed by atoms with Gasteiger partial charge in [-0.05, 0) is 36.4 Å². The van der Waals surface area contributed by atoms with Gasteiger partial charge in [-0.3, -0.25) is 0 Å². The van der Waals surface area contributed by atoms with Gasteiger partial charge in [-0.25, -0.2) is 4.39 Å². The van der Waals surface area contributed by atoms with Crippen molar-refractivity contribution in [1.82, 2.24) is 10.1 Å². The monoisotopic (exact) mass is 323 g/mol. The molecule has 106 valence electrons. The van der Waals surface area contributed by atoms with E-state index in [1.807, 2.05) is 0 Å². The molecule has 0 aliphatic heterocycles. The smallest absolute Gasteiger partial charge is 0.258 e. The number of nitrogen functional groups attached to an aromatic ring is 1. The van der Waals surface area contributed by atoms with Crippen molar-refractivity contribution in [3.05, 3.63) is 52.3 Å². The summed E-state index contributed by atoms with van der Waals surface area (Å²) in [6.45, 7) is 0. The number of hydrogen-bond donors (Lipinski definition) is 1. The van der Waals surface area contributed by atoms with Crippen molar-refractivity contribution in [2.45, 2.75) is 0 Å². The molecule has 1 aromatic heterocycles. The van der Waals surface area contributed by atoms with Crippen LogP contribution in [0.1, 0.15) is 0 Å². The van der Waals surface area contributed by atoms with E-state index in [9.17, 15) is 4.39 Å². The number of benzene rings is 2. The minimum absolute atomic E-state index is 0.0155. The molecule has 3 aromatic rings. The number of aromatic nitrogens is 2. The lowest BCUT2D eigenvalue weighted by Crippen LogP contribution is -1.90. The summed E-state index contributed by atoms with van der Waals surface area (Å²) < 4.78 is 18.3. The van der Waals surface area contributed by atoms with E-state index >= 15 is 0 Å². The second-order valence-electron chi connectivity index (χ2n) is 4.29. The van der Waals surface area contributed by atoms with Crippen molar-refractivity contribution in [2.24, 2.45) is 0 Å². The fraction of sp³-hybridized carbons (Fsp3) is 0. The molecule has 1 heterocycles. The molecular formula is C14H8Cl2FN3O. The minimum Gasteiger partial charge on any atom is -0.396 e. The first kappa shape index (κ1) is 13.9. The van der Waals surface area contributed by atoms with Crippen molar-refractivity contribution in [1.29, 1.82) is 0 Å². The molecule has 0 bridgehead atoms. The van der Waals surface area contributed by atoms with Gasteiger partial charge in [-0.1, -0.05) is 28.4 Å². The Bertz CT molecular complexity index is 754. The van der Waals surface area contributed by atoms with Gasteiger partial charge >= 0.3 is 0 Å². The summed E-state index contributed by atoms with van der Waals surface area (Å²) in [4.78, 5) is 4.23. The zero-order chi connectivity index (χ0) is 15.0. The predicted octanol–water partition coefficient (Wildman–Crippen LogP) is 4.43. The molecule has 0 unspecified atom stereocenters. The van der Waals surface area contributed by atoms with Crippen LogP contribution in [0.2, 0.25) is 10.0 Å². The third kappa shape index (κ3) is 2.70. The maximum atomic E-state index is 13.1. The van der Waals surface area contributed by atoms with Gasteiger partial charge in [0.05, 0.1) is 15.7 Å². The van der Waals surface area contributed by atoms with Crippen molar-refractivity contribution in [2.75, 3.05) is 5.73 Å². The first-order chi connectivity index (χ1) is 10.0. The van der Waals surface area contributed by atoms with Crippen LogP contribution < -0.4 is 5.73 Å². The Morgan fingerprint density at radius 1 is 1.00 bits per heavy atom. The Balaban J connectivity index is 1.99. The molecule has 0 spiro atoms. The maximum Gasteiger partial charge on any atom is 0.258 e. The average Bonchev–Trinajstić information content (AvgIpc) is 2.94. The van der Waals surface area contributed by atoms with E-state index in [1.165, 1.54) is 18.2 Å². The van der Waals surface area contributed by atoms with Gasteiger partial charge in [-0.15, -0.1) is 0 Å². The highest BCUT2D eigenvalue weighted by Gasteiger charge is 2.13. The summed E-state index contributed by atoms with van der Waals surface area (Å²) in [7, 11) is 0. The molecule has 2 aromatic carbocycles. The molecule has 0 saturated heterocycles. The number of nitrogens with zero attached hydrogens (tertiary/aromatic N) is 2. The molecule has 0 radical (unpaired) electrons. The quantitative estimate of drug-likeness (QED) is 0.708. The lowest BCUT2D eigenvalue weighted by Gasteiger charge is -1.98. The molecule has 0 aliphatic carbocycles. The molecule has 0 atom stereocenters. The van der Waals surface area contributed by atoms with Crippen LogP contribution in [0.15, 0.2) is 40.9 Å². The molecule has 0 aliphatic rings. The Kier molecular flexibility index (Phi) is 3.53. The van der Waals surface area contributed by atoms with Crippen LogP contribution in [0.25, 0.3) is 22.8 Å². The fourth-order valence-corrected chi connectivity index (χ4v) is 2.07. The highest BCUT2D eigenvalue weighted by molar-refractivity contribution is 6.42. The Morgan fingerprint density at radius 3 is 2.48 bits per heavy atom. The zero-order valence-electron chi connectivity index (χ0n) is 10.5. The molecule has 0 saturated carbocycles. The van der Waals surface area contributed by atoms with Crippen LogP contribution >= 0.6 is 23.2 Å². The molecule has 7 heteroatoms. The van der Waals surface area contributed by atoms with E-state index in [4.69, 9.17) is 33.5 Å². The largest absolute Gasteiger partial charge is 0.396 e. The van der Waals surface area contributed by atoms with Gasteiger partial charge in [0.15, 0.2) is 0 Å². The molecule has 2 N–H and O–H groups in total. The first-order valence-electron chi connectivity index (χ1n) is 5.89. The van der Waals surface area contributed by atoms with Gasteiger partial charge in [0.1, 0.15) is 5.82 Å². The van der Waals surface area contributed by atoms with E-state index in [2.05, 4.69) is 10.1 Å². The Labute approximate surface area is 129 Å². The van der Waals surface area contributed by atoms with E-state index in [-0.39, 0.29) is 11.6 Å². The molecule has 3 rings (SSSR count). The van der Waals surface area contributed by atoms with Crippen LogP contribution in [-0.4, -0.2) is 10.1 Å². The van der Waals surface area contributed by atoms with Crippen LogP contribution in [0.3, 0.4) is 0 Å². The standard InChI is InChI=1S/C14H8Cl2FN3O/c15-9-3-1-7(5-10(9)16)13-19-14(21-20-13)8-2-4-11(17)12(18)6-8/h1-6H,18H2. The average molecular weight is 324 g/mol. The van der Waals surface area contributed by atoms with Crippen LogP contribution in [-0.2, 0) is 0 Å². The van der Waals surface area contributed by atoms with E-state index in [1.54, 1.807) is 18.2 Å². The van der Waals surface area contributed by atoms with Crippen LogP contribution in [0.4, 0.5) is 10.1 Å². The lowest BCUT2D eigenvalue weighted by molar-refractivity contribution is 0.432. The molecule has 21 heavy (non-hydrogen) atoms. The van der Waals surface area contributed by atoms with Gasteiger partial charge in [0.25, 0.3) is 5.89 Å². The normalized spacial score (nSPS) is 10.8. The Hall–Kier alpha value is -2.11. The summed E-state index contributed by atoms with van der Waals surface area (Å²) in [5, 5.41) is 4.70. The topological polar surface area (TPSA) is 64.9 Å². The second kappa shape index (κ2) is 5.35. The summed E-state index contributed by atoms with van der Waals surface area (Å²) >= 11 is 11.8.